The van der Waals surface area contributed by atoms with Crippen LogP contribution in [0.4, 0.5) is 26.3 Å². The number of likely N-dealkylation sites (tertiary alicyclic amines) is 2. The van der Waals surface area contributed by atoms with Crippen molar-refractivity contribution in [1.82, 2.24) is 14.8 Å². The smallest absolute Gasteiger partial charge is 0.387 e. The largest absolute Gasteiger partial charge is 0.430 e. The Morgan fingerprint density at radius 1 is 1.07 bits per heavy atom. The Bertz CT molecular complexity index is 1350. The molecular weight excluding hydrogens is 604 g/mol. The molecule has 0 bridgehead atoms. The summed E-state index contributed by atoms with van der Waals surface area (Å²) in [6, 6.07) is 1.31. The van der Waals surface area contributed by atoms with E-state index in [2.05, 4.69) is 4.98 Å². The van der Waals surface area contributed by atoms with Crippen molar-refractivity contribution in [2.45, 2.75) is 68.8 Å². The lowest BCUT2D eigenvalue weighted by Gasteiger charge is -2.52. The van der Waals surface area contributed by atoms with E-state index < -0.39 is 51.6 Å². The zero-order chi connectivity index (χ0) is 30.9. The molecule has 2 aliphatic heterocycles. The molecule has 1 unspecified atom stereocenters. The van der Waals surface area contributed by atoms with E-state index in [4.69, 9.17) is 11.6 Å². The number of aliphatic hydroxyl groups is 3. The van der Waals surface area contributed by atoms with E-state index in [0.717, 1.165) is 6.07 Å². The van der Waals surface area contributed by atoms with Crippen LogP contribution in [0.3, 0.4) is 0 Å². The Morgan fingerprint density at radius 3 is 2.12 bits per heavy atom. The molecule has 16 heteroatoms. The van der Waals surface area contributed by atoms with Crippen molar-refractivity contribution < 1.29 is 51.3 Å². The SMILES string of the molecule is CC1CCCN1C(=O)c1nc(C(=O)N2CC(O)(C(C)(C)O)C2)sc1-c1ccc(C(O)(C(F)(F)F)C(F)(F)F)cc1Cl. The van der Waals surface area contributed by atoms with E-state index in [1.54, 1.807) is 6.92 Å². The predicted octanol–water partition coefficient (Wildman–Crippen LogP) is 4.36. The topological polar surface area (TPSA) is 114 Å². The maximum atomic E-state index is 13.5. The lowest BCUT2D eigenvalue weighted by molar-refractivity contribution is -0.376. The molecule has 2 amide bonds. The number of amides is 2. The Hall–Kier alpha value is -2.46. The van der Waals surface area contributed by atoms with Crippen molar-refractivity contribution >= 4 is 34.8 Å². The summed E-state index contributed by atoms with van der Waals surface area (Å²) in [7, 11) is 0. The maximum absolute atomic E-state index is 13.5. The van der Waals surface area contributed by atoms with Gasteiger partial charge in [0.15, 0.2) is 5.01 Å². The Morgan fingerprint density at radius 2 is 1.66 bits per heavy atom. The van der Waals surface area contributed by atoms with Gasteiger partial charge < -0.3 is 25.1 Å². The van der Waals surface area contributed by atoms with Gasteiger partial charge >= 0.3 is 12.4 Å². The molecule has 3 N–H and O–H groups in total. The number of alkyl halides is 6. The van der Waals surface area contributed by atoms with E-state index in [9.17, 15) is 51.3 Å². The molecule has 1 aromatic carbocycles. The first-order valence-corrected chi connectivity index (χ1v) is 13.5. The normalized spacial score (nSPS) is 19.9. The molecular formula is C25H26ClF6N3O5S. The monoisotopic (exact) mass is 629 g/mol. The lowest BCUT2D eigenvalue weighted by Crippen LogP contribution is -2.72. The Balaban J connectivity index is 1.78. The molecule has 3 heterocycles. The minimum absolute atomic E-state index is 0.0742. The van der Waals surface area contributed by atoms with Gasteiger partial charge in [0.1, 0.15) is 11.3 Å². The zero-order valence-electron chi connectivity index (χ0n) is 21.9. The van der Waals surface area contributed by atoms with Gasteiger partial charge in [-0.25, -0.2) is 4.98 Å². The van der Waals surface area contributed by atoms with Gasteiger partial charge in [0.05, 0.1) is 23.6 Å². The molecule has 41 heavy (non-hydrogen) atoms. The molecule has 2 saturated heterocycles. The van der Waals surface area contributed by atoms with Gasteiger partial charge in [0.2, 0.25) is 0 Å². The molecule has 0 spiro atoms. The molecule has 0 radical (unpaired) electrons. The fourth-order valence-electron chi connectivity index (χ4n) is 4.77. The van der Waals surface area contributed by atoms with E-state index in [0.29, 0.717) is 42.9 Å². The summed E-state index contributed by atoms with van der Waals surface area (Å²) in [5.74, 6) is -1.32. The quantitative estimate of drug-likeness (QED) is 0.424. The zero-order valence-corrected chi connectivity index (χ0v) is 23.5. The van der Waals surface area contributed by atoms with Crippen LogP contribution in [0.1, 0.15) is 59.5 Å². The number of carbonyl (C=O) groups excluding carboxylic acids is 2. The first kappa shape index (κ1) is 31.5. The standard InChI is InChI=1S/C25H26ClF6N3O5S/c1-12-5-4-8-35(12)19(36)16-17(41-18(33-16)20(37)34-10-22(39,11-34)21(2,3)38)14-7-6-13(9-15(14)26)23(40,24(27,28)29)25(30,31)32/h6-7,9,12,38-40H,4-5,8,10-11H2,1-3H3. The minimum atomic E-state index is -6.13. The van der Waals surface area contributed by atoms with E-state index >= 15 is 0 Å². The van der Waals surface area contributed by atoms with Gasteiger partial charge in [0.25, 0.3) is 17.4 Å². The van der Waals surface area contributed by atoms with Gasteiger partial charge in [-0.2, -0.15) is 26.3 Å². The van der Waals surface area contributed by atoms with Crippen molar-refractivity contribution in [1.29, 1.82) is 0 Å². The Labute approximate surface area is 239 Å². The summed E-state index contributed by atoms with van der Waals surface area (Å²) >= 11 is 6.81. The highest BCUT2D eigenvalue weighted by atomic mass is 35.5. The molecule has 2 aliphatic rings. The number of thiazole rings is 1. The molecule has 8 nitrogen and oxygen atoms in total. The van der Waals surface area contributed by atoms with Crippen LogP contribution in [-0.4, -0.2) is 91.1 Å². The predicted molar refractivity (Wildman–Crippen MR) is 135 cm³/mol. The van der Waals surface area contributed by atoms with Crippen LogP contribution in [-0.2, 0) is 5.60 Å². The summed E-state index contributed by atoms with van der Waals surface area (Å²) in [5.41, 5.74) is -10.4. The molecule has 0 saturated carbocycles. The van der Waals surface area contributed by atoms with Crippen LogP contribution in [0.5, 0.6) is 0 Å². The van der Waals surface area contributed by atoms with Crippen LogP contribution in [0.25, 0.3) is 10.4 Å². The summed E-state index contributed by atoms with van der Waals surface area (Å²) in [6.45, 7) is 4.39. The molecule has 0 aliphatic carbocycles. The summed E-state index contributed by atoms with van der Waals surface area (Å²) in [6.07, 6.45) is -10.9. The van der Waals surface area contributed by atoms with Crippen LogP contribution < -0.4 is 0 Å². The van der Waals surface area contributed by atoms with Gasteiger partial charge in [-0.1, -0.05) is 23.7 Å². The van der Waals surface area contributed by atoms with Crippen LogP contribution >= 0.6 is 22.9 Å². The summed E-state index contributed by atoms with van der Waals surface area (Å²) in [5, 5.41) is 29.6. The van der Waals surface area contributed by atoms with Gasteiger partial charge in [-0.3, -0.25) is 9.59 Å². The lowest BCUT2D eigenvalue weighted by atomic mass is 9.79. The number of hydrogen-bond acceptors (Lipinski definition) is 7. The first-order valence-electron chi connectivity index (χ1n) is 12.3. The molecule has 1 aromatic heterocycles. The van der Waals surface area contributed by atoms with Gasteiger partial charge in [-0.15, -0.1) is 11.3 Å². The third kappa shape index (κ3) is 5.19. The number of aromatic nitrogens is 1. The fraction of sp³-hybridized carbons (Fsp3) is 0.560. The highest BCUT2D eigenvalue weighted by Crippen LogP contribution is 2.51. The second-order valence-corrected chi connectivity index (χ2v) is 12.2. The first-order chi connectivity index (χ1) is 18.6. The number of hydrogen-bond donors (Lipinski definition) is 3. The van der Waals surface area contributed by atoms with Crippen molar-refractivity contribution in [3.63, 3.8) is 0 Å². The molecule has 226 valence electrons. The fourth-order valence-corrected chi connectivity index (χ4v) is 6.17. The minimum Gasteiger partial charge on any atom is -0.387 e. The van der Waals surface area contributed by atoms with Gasteiger partial charge in [0, 0.05) is 28.7 Å². The molecule has 2 aromatic rings. The number of nitrogens with zero attached hydrogens (tertiary/aromatic N) is 3. The highest BCUT2D eigenvalue weighted by molar-refractivity contribution is 7.17. The second-order valence-electron chi connectivity index (χ2n) is 10.8. The summed E-state index contributed by atoms with van der Waals surface area (Å²) in [4.78, 5) is 33.4. The van der Waals surface area contributed by atoms with Crippen molar-refractivity contribution in [2.75, 3.05) is 19.6 Å². The molecule has 1 atom stereocenters. The van der Waals surface area contributed by atoms with Gasteiger partial charge in [-0.05, 0) is 39.7 Å². The molecule has 4 rings (SSSR count). The number of carbonyl (C=O) groups is 2. The average molecular weight is 630 g/mol. The maximum Gasteiger partial charge on any atom is 0.430 e. The number of β-amino-alcohol motifs (C(OH)–C–C–N with tert-alkyl or cyclic N) is 1. The van der Waals surface area contributed by atoms with E-state index in [1.807, 2.05) is 0 Å². The number of benzene rings is 1. The number of halogens is 7. The highest BCUT2D eigenvalue weighted by Gasteiger charge is 2.71. The van der Waals surface area contributed by atoms with Crippen molar-refractivity contribution in [2.24, 2.45) is 0 Å². The van der Waals surface area contributed by atoms with Crippen LogP contribution in [0.15, 0.2) is 18.2 Å². The van der Waals surface area contributed by atoms with Crippen molar-refractivity contribution in [3.05, 3.63) is 39.5 Å². The third-order valence-electron chi connectivity index (χ3n) is 7.61. The van der Waals surface area contributed by atoms with E-state index in [1.165, 1.54) is 23.6 Å². The number of rotatable bonds is 5. The van der Waals surface area contributed by atoms with E-state index in [-0.39, 0.29) is 40.3 Å². The second kappa shape index (κ2) is 10.1. The molecule has 2 fully saturated rings. The summed E-state index contributed by atoms with van der Waals surface area (Å²) < 4.78 is 80.5. The third-order valence-corrected chi connectivity index (χ3v) is 9.00. The van der Waals surface area contributed by atoms with Crippen LogP contribution in [0, 0.1) is 0 Å². The van der Waals surface area contributed by atoms with Crippen LogP contribution in [0.2, 0.25) is 5.02 Å². The Kier molecular flexibility index (Phi) is 7.73. The average Bonchev–Trinajstić information content (AvgIpc) is 3.45. The van der Waals surface area contributed by atoms with Crippen molar-refractivity contribution in [3.8, 4) is 10.4 Å².